The van der Waals surface area contributed by atoms with E-state index in [0.29, 0.717) is 42.1 Å². The van der Waals surface area contributed by atoms with Crippen LogP contribution in [-0.4, -0.2) is 8.07 Å². The van der Waals surface area contributed by atoms with Gasteiger partial charge in [0.05, 0.1) is 0 Å². The van der Waals surface area contributed by atoms with Gasteiger partial charge in [-0.25, -0.2) is 0 Å². The first-order valence-corrected chi connectivity index (χ1v) is 34.0. The second-order valence-electron chi connectivity index (χ2n) is 19.1. The van der Waals surface area contributed by atoms with Gasteiger partial charge in [-0.15, -0.1) is 0 Å². The van der Waals surface area contributed by atoms with Gasteiger partial charge in [-0.3, -0.25) is 0 Å². The molecule has 0 N–H and O–H groups in total. The van der Waals surface area contributed by atoms with E-state index in [-0.39, 0.29) is 0 Å². The van der Waals surface area contributed by atoms with Gasteiger partial charge in [0, 0.05) is 0 Å². The minimum absolute atomic E-state index is 0.508. The van der Waals surface area contributed by atoms with E-state index in [1.165, 1.54) is 44.5 Å². The van der Waals surface area contributed by atoms with Crippen LogP contribution >= 0.6 is 0 Å². The third kappa shape index (κ3) is 5.75. The predicted octanol–water partition coefficient (Wildman–Crippen LogP) is 15.7. The molecule has 2 atom stereocenters. The Morgan fingerprint density at radius 1 is 0.462 bits per heavy atom. The molecule has 272 valence electrons. The molecule has 2 heteroatoms. The quantitative estimate of drug-likeness (QED) is 0.155. The fraction of sp³-hybridized carbons (Fsp3) is 0.440. The predicted molar refractivity (Wildman–Crippen MR) is 229 cm³/mol. The van der Waals surface area contributed by atoms with Crippen LogP contribution in [0.5, 0.6) is 0 Å². The third-order valence-electron chi connectivity index (χ3n) is 13.6. The third-order valence-corrected chi connectivity index (χ3v) is 37.3. The molecule has 1 aliphatic heterocycles. The number of hydrogen-bond donors (Lipinski definition) is 0. The molecule has 0 nitrogen and oxygen atoms in total. The SMILES string of the molecule is CC(C)c1cc(-c2cccc3c2C=C2[CH]3[Hf]([CH3])([CH3])[CH]3C(=Cc4c(-c5cc(C(C)C)cc(C(C)C)c5)cccc43)[Si]2(C(C)C)C(C)C)cc(C(C)C)c1. The summed E-state index contributed by atoms with van der Waals surface area (Å²) in [6.07, 6.45) is 5.62. The summed E-state index contributed by atoms with van der Waals surface area (Å²) in [5.41, 5.74) is 19.2. The van der Waals surface area contributed by atoms with Crippen LogP contribution in [-0.2, 0) is 20.0 Å². The summed E-state index contributed by atoms with van der Waals surface area (Å²) in [5, 5.41) is 3.77. The maximum atomic E-state index is 2.83. The molecule has 0 saturated carbocycles. The molecule has 0 radical (unpaired) electrons. The normalized spacial score (nSPS) is 19.8. The fourth-order valence-electron chi connectivity index (χ4n) is 11.0. The Morgan fingerprint density at radius 2 is 0.788 bits per heavy atom. The Morgan fingerprint density at radius 3 is 1.08 bits per heavy atom. The molecule has 3 aliphatic rings. The van der Waals surface area contributed by atoms with Crippen molar-refractivity contribution in [3.05, 3.63) is 128 Å². The summed E-state index contributed by atoms with van der Waals surface area (Å²) in [4.78, 5) is 0. The molecule has 1 saturated heterocycles. The van der Waals surface area contributed by atoms with Crippen molar-refractivity contribution in [3.8, 4) is 22.3 Å². The molecule has 1 fully saturated rings. The van der Waals surface area contributed by atoms with Crippen molar-refractivity contribution in [2.75, 3.05) is 0 Å². The average molecular weight is 872 g/mol. The molecule has 4 aromatic carbocycles. The van der Waals surface area contributed by atoms with Crippen molar-refractivity contribution in [1.82, 2.24) is 0 Å². The van der Waals surface area contributed by atoms with Crippen LogP contribution in [0.15, 0.2) is 83.2 Å². The molecule has 4 aromatic rings. The van der Waals surface area contributed by atoms with E-state index in [0.717, 1.165) is 0 Å². The van der Waals surface area contributed by atoms with E-state index in [2.05, 4.69) is 177 Å². The topological polar surface area (TPSA) is 0 Å². The summed E-state index contributed by atoms with van der Waals surface area (Å²) < 4.78 is 6.92. The Bertz CT molecular complexity index is 1900. The molecular formula is C50H64HfSi. The molecule has 0 bridgehead atoms. The molecule has 0 amide bonds. The number of allylic oxidation sites excluding steroid dienone is 2. The van der Waals surface area contributed by atoms with Crippen LogP contribution in [0.3, 0.4) is 0 Å². The fourth-order valence-corrected chi connectivity index (χ4v) is 43.7. The summed E-state index contributed by atoms with van der Waals surface area (Å²) in [7, 11) is -2.17. The molecule has 0 spiro atoms. The Labute approximate surface area is 322 Å². The van der Waals surface area contributed by atoms with E-state index in [9.17, 15) is 0 Å². The number of benzene rings is 4. The molecule has 2 aliphatic carbocycles. The first kappa shape index (κ1) is 37.8. The van der Waals surface area contributed by atoms with Gasteiger partial charge in [0.25, 0.3) is 0 Å². The summed E-state index contributed by atoms with van der Waals surface area (Å²) in [6, 6.07) is 29.7. The number of fused-ring (bicyclic) bond motifs is 6. The summed E-state index contributed by atoms with van der Waals surface area (Å²) in [6.45, 7) is 29.1. The Hall–Kier alpha value is -2.55. The van der Waals surface area contributed by atoms with Gasteiger partial charge >= 0.3 is 325 Å². The van der Waals surface area contributed by atoms with Crippen LogP contribution in [0.25, 0.3) is 34.4 Å². The van der Waals surface area contributed by atoms with E-state index in [1.807, 2.05) is 10.4 Å². The second kappa shape index (κ2) is 13.6. The van der Waals surface area contributed by atoms with E-state index in [4.69, 9.17) is 0 Å². The van der Waals surface area contributed by atoms with E-state index >= 15 is 0 Å². The molecule has 52 heavy (non-hydrogen) atoms. The van der Waals surface area contributed by atoms with Gasteiger partial charge in [-0.1, -0.05) is 0 Å². The average Bonchev–Trinajstić information content (AvgIpc) is 3.68. The van der Waals surface area contributed by atoms with Crippen LogP contribution in [0.4, 0.5) is 0 Å². The Kier molecular flexibility index (Phi) is 9.90. The van der Waals surface area contributed by atoms with Gasteiger partial charge in [-0.05, 0) is 0 Å². The standard InChI is InChI=1S/C48H58Si.2CH3.Hf/c1-29(2)37-19-38(30(3)4)22-41(21-37)45-17-13-15-35-25-43(27-47(35)45)49(33(9)10,34(11)12)44-26-36-16-14-18-46(48(36)28-44)42-23-39(31(5)6)20-40(24-42)32(7)8;;;/h13-34H,1-12H3;2*1H3;. The minimum atomic E-state index is -3.21. The van der Waals surface area contributed by atoms with Crippen LogP contribution in [0, 0.1) is 0 Å². The zero-order valence-electron chi connectivity index (χ0n) is 34.7. The van der Waals surface area contributed by atoms with Crippen molar-refractivity contribution in [3.63, 3.8) is 0 Å². The van der Waals surface area contributed by atoms with E-state index < -0.39 is 28.0 Å². The number of rotatable bonds is 8. The molecular weight excluding hydrogens is 807 g/mol. The van der Waals surface area contributed by atoms with Crippen LogP contribution < -0.4 is 0 Å². The van der Waals surface area contributed by atoms with Gasteiger partial charge in [0.1, 0.15) is 0 Å². The van der Waals surface area contributed by atoms with Crippen molar-refractivity contribution in [2.24, 2.45) is 0 Å². The molecule has 1 heterocycles. The van der Waals surface area contributed by atoms with Crippen molar-refractivity contribution in [2.45, 2.75) is 135 Å². The van der Waals surface area contributed by atoms with Gasteiger partial charge in [-0.2, -0.15) is 0 Å². The molecule has 7 rings (SSSR count). The van der Waals surface area contributed by atoms with Crippen LogP contribution in [0.2, 0.25) is 20.4 Å². The number of hydrogen-bond acceptors (Lipinski definition) is 0. The summed E-state index contributed by atoms with van der Waals surface area (Å²) in [5.74, 6) is 2.03. The van der Waals surface area contributed by atoms with Gasteiger partial charge in [0.15, 0.2) is 0 Å². The zero-order chi connectivity index (χ0) is 37.6. The van der Waals surface area contributed by atoms with Crippen molar-refractivity contribution < 1.29 is 20.0 Å². The van der Waals surface area contributed by atoms with Gasteiger partial charge in [0.2, 0.25) is 0 Å². The maximum absolute atomic E-state index is 3.21. The van der Waals surface area contributed by atoms with Crippen LogP contribution in [0.1, 0.15) is 159 Å². The van der Waals surface area contributed by atoms with E-state index in [1.54, 1.807) is 22.3 Å². The Balaban J connectivity index is 1.48. The zero-order valence-corrected chi connectivity index (χ0v) is 39.3. The molecule has 2 unspecified atom stereocenters. The summed E-state index contributed by atoms with van der Waals surface area (Å²) >= 11 is -3.21. The monoisotopic (exact) mass is 872 g/mol. The second-order valence-corrected chi connectivity index (χ2v) is 41.5. The first-order valence-electron chi connectivity index (χ1n) is 20.5. The van der Waals surface area contributed by atoms with Crippen molar-refractivity contribution in [1.29, 1.82) is 0 Å². The van der Waals surface area contributed by atoms with Gasteiger partial charge < -0.3 is 0 Å². The van der Waals surface area contributed by atoms with Crippen molar-refractivity contribution >= 4 is 20.2 Å². The first-order chi connectivity index (χ1) is 24.5. The molecule has 0 aromatic heterocycles.